The van der Waals surface area contributed by atoms with Gasteiger partial charge in [-0.15, -0.1) is 0 Å². The Balaban J connectivity index is 1.59. The molecule has 0 spiro atoms. The van der Waals surface area contributed by atoms with E-state index in [2.05, 4.69) is 4.98 Å². The smallest absolute Gasteiger partial charge is 0.266 e. The van der Waals surface area contributed by atoms with E-state index in [1.54, 1.807) is 15.5 Å². The van der Waals surface area contributed by atoms with Gasteiger partial charge in [-0.3, -0.25) is 14.4 Å². The van der Waals surface area contributed by atoms with Gasteiger partial charge >= 0.3 is 0 Å². The van der Waals surface area contributed by atoms with Crippen LogP contribution < -0.4 is 5.73 Å². The van der Waals surface area contributed by atoms with Crippen LogP contribution in [0.5, 0.6) is 0 Å². The molecule has 0 saturated heterocycles. The third kappa shape index (κ3) is 2.12. The average Bonchev–Trinajstić information content (AvgIpc) is 3.15. The van der Waals surface area contributed by atoms with Crippen molar-refractivity contribution in [2.24, 2.45) is 5.73 Å². The molecule has 7 nitrogen and oxygen atoms in total. The first-order valence-corrected chi connectivity index (χ1v) is 7.81. The highest BCUT2D eigenvalue weighted by atomic mass is 16.2. The highest BCUT2D eigenvalue weighted by molar-refractivity contribution is 6.06. The summed E-state index contributed by atoms with van der Waals surface area (Å²) in [6.45, 7) is 1.26. The first-order valence-electron chi connectivity index (χ1n) is 7.81. The van der Waals surface area contributed by atoms with Crippen LogP contribution in [0.15, 0.2) is 30.5 Å². The van der Waals surface area contributed by atoms with Gasteiger partial charge in [0.05, 0.1) is 18.7 Å². The molecule has 1 atom stereocenters. The summed E-state index contributed by atoms with van der Waals surface area (Å²) in [4.78, 5) is 42.3. The van der Waals surface area contributed by atoms with Crippen LogP contribution in [0.1, 0.15) is 44.6 Å². The van der Waals surface area contributed by atoms with E-state index < -0.39 is 11.8 Å². The fraction of sp³-hybridized carbons (Fsp3) is 0.294. The molecule has 1 aliphatic carbocycles. The Bertz CT molecular complexity index is 870. The molecule has 122 valence electrons. The monoisotopic (exact) mass is 324 g/mol. The molecule has 0 fully saturated rings. The zero-order valence-corrected chi connectivity index (χ0v) is 12.9. The van der Waals surface area contributed by atoms with Crippen molar-refractivity contribution in [2.75, 3.05) is 6.54 Å². The molecule has 2 heterocycles. The summed E-state index contributed by atoms with van der Waals surface area (Å²) >= 11 is 0. The number of Topliss-reactive ketones (excluding diaryl/α,β-unsaturated/α-hetero) is 1. The predicted molar refractivity (Wildman–Crippen MR) is 84.3 cm³/mol. The highest BCUT2D eigenvalue weighted by Crippen LogP contribution is 2.35. The van der Waals surface area contributed by atoms with E-state index >= 15 is 0 Å². The van der Waals surface area contributed by atoms with Gasteiger partial charge in [-0.2, -0.15) is 0 Å². The predicted octanol–water partition coefficient (Wildman–Crippen LogP) is 0.694. The van der Waals surface area contributed by atoms with Gasteiger partial charge in [0.15, 0.2) is 5.78 Å². The lowest BCUT2D eigenvalue weighted by Gasteiger charge is -2.30. The number of nitrogens with two attached hydrogens (primary N) is 1. The van der Waals surface area contributed by atoms with Crippen LogP contribution in [-0.4, -0.2) is 38.6 Å². The Hall–Kier alpha value is -2.96. The molecular formula is C17H16N4O3. The molecule has 2 aromatic rings. The third-order valence-electron chi connectivity index (χ3n) is 4.75. The Kier molecular flexibility index (Phi) is 3.23. The summed E-state index contributed by atoms with van der Waals surface area (Å²) in [5, 5.41) is 0. The number of hydrogen-bond acceptors (Lipinski definition) is 4. The quantitative estimate of drug-likeness (QED) is 0.879. The maximum atomic E-state index is 12.9. The molecule has 4 rings (SSSR count). The minimum absolute atomic E-state index is 0.0125. The van der Waals surface area contributed by atoms with Gasteiger partial charge < -0.3 is 15.2 Å². The van der Waals surface area contributed by atoms with Crippen LogP contribution in [-0.2, 0) is 17.9 Å². The van der Waals surface area contributed by atoms with E-state index in [0.717, 1.165) is 5.56 Å². The molecule has 1 unspecified atom stereocenters. The van der Waals surface area contributed by atoms with Crippen molar-refractivity contribution >= 4 is 17.6 Å². The van der Waals surface area contributed by atoms with E-state index in [1.807, 2.05) is 18.2 Å². The Morgan fingerprint density at radius 1 is 1.21 bits per heavy atom. The molecule has 2 N–H and O–H groups in total. The largest absolute Gasteiger partial charge is 0.364 e. The van der Waals surface area contributed by atoms with E-state index in [9.17, 15) is 14.4 Å². The number of amides is 2. The molecule has 0 saturated carbocycles. The number of rotatable bonds is 2. The van der Waals surface area contributed by atoms with Crippen LogP contribution in [0, 0.1) is 0 Å². The molecule has 24 heavy (non-hydrogen) atoms. The van der Waals surface area contributed by atoms with Crippen molar-refractivity contribution in [3.05, 3.63) is 53.1 Å². The maximum absolute atomic E-state index is 12.9. The Morgan fingerprint density at radius 2 is 2.00 bits per heavy atom. The first-order chi connectivity index (χ1) is 11.6. The van der Waals surface area contributed by atoms with Crippen LogP contribution in [0.2, 0.25) is 0 Å². The fourth-order valence-electron chi connectivity index (χ4n) is 3.55. The summed E-state index contributed by atoms with van der Waals surface area (Å²) < 4.78 is 1.75. The molecule has 2 aliphatic rings. The van der Waals surface area contributed by atoms with Gasteiger partial charge in [0.2, 0.25) is 5.91 Å². The lowest BCUT2D eigenvalue weighted by atomic mass is 9.99. The van der Waals surface area contributed by atoms with Crippen LogP contribution in [0.25, 0.3) is 0 Å². The molecule has 2 amide bonds. The second kappa shape index (κ2) is 5.30. The molecule has 0 radical (unpaired) electrons. The standard InChI is InChI=1S/C17H16N4O3/c18-16(23)13-8-19-15-9-20(5-6-21(13)15)17(24)12-7-14(22)11-4-2-1-3-10(11)12/h1-4,8,12H,5-7,9H2,(H2,18,23). The molecule has 1 aliphatic heterocycles. The number of fused-ring (bicyclic) bond motifs is 2. The van der Waals surface area contributed by atoms with Gasteiger partial charge in [-0.1, -0.05) is 24.3 Å². The van der Waals surface area contributed by atoms with E-state index in [-0.39, 0.29) is 18.1 Å². The number of benzene rings is 1. The lowest BCUT2D eigenvalue weighted by Crippen LogP contribution is -2.41. The Labute approximate surface area is 138 Å². The number of nitrogens with zero attached hydrogens (tertiary/aromatic N) is 3. The van der Waals surface area contributed by atoms with Crippen LogP contribution in [0.3, 0.4) is 0 Å². The summed E-state index contributed by atoms with van der Waals surface area (Å²) in [5.74, 6) is -0.364. The lowest BCUT2D eigenvalue weighted by molar-refractivity contribution is -0.134. The number of ketones is 1. The minimum atomic E-state index is -0.524. The number of aromatic nitrogens is 2. The Morgan fingerprint density at radius 3 is 2.79 bits per heavy atom. The van der Waals surface area contributed by atoms with Crippen molar-refractivity contribution in [3.8, 4) is 0 Å². The van der Waals surface area contributed by atoms with E-state index in [1.165, 1.54) is 6.20 Å². The van der Waals surface area contributed by atoms with Crippen molar-refractivity contribution in [1.82, 2.24) is 14.5 Å². The number of imidazole rings is 1. The third-order valence-corrected chi connectivity index (χ3v) is 4.75. The highest BCUT2D eigenvalue weighted by Gasteiger charge is 2.37. The van der Waals surface area contributed by atoms with Gasteiger partial charge in [-0.05, 0) is 5.56 Å². The summed E-state index contributed by atoms with van der Waals surface area (Å²) in [6.07, 6.45) is 1.66. The first kappa shape index (κ1) is 14.6. The SMILES string of the molecule is NC(=O)c1cnc2n1CCN(C(=O)C1CC(=O)c3ccccc31)C2. The number of carbonyl (C=O) groups excluding carboxylic acids is 3. The average molecular weight is 324 g/mol. The van der Waals surface area contributed by atoms with Gasteiger partial charge in [-0.25, -0.2) is 4.98 Å². The van der Waals surface area contributed by atoms with Crippen molar-refractivity contribution in [2.45, 2.75) is 25.4 Å². The summed E-state index contributed by atoms with van der Waals surface area (Å²) in [5.41, 5.74) is 7.14. The van der Waals surface area contributed by atoms with E-state index in [4.69, 9.17) is 5.73 Å². The zero-order chi connectivity index (χ0) is 16.8. The van der Waals surface area contributed by atoms with E-state index in [0.29, 0.717) is 36.7 Å². The number of hydrogen-bond donors (Lipinski definition) is 1. The molecule has 1 aromatic heterocycles. The van der Waals surface area contributed by atoms with Crippen LogP contribution >= 0.6 is 0 Å². The molecular weight excluding hydrogens is 308 g/mol. The molecule has 0 bridgehead atoms. The maximum Gasteiger partial charge on any atom is 0.266 e. The second-order valence-electron chi connectivity index (χ2n) is 6.10. The van der Waals surface area contributed by atoms with Crippen LogP contribution in [0.4, 0.5) is 0 Å². The van der Waals surface area contributed by atoms with Crippen molar-refractivity contribution < 1.29 is 14.4 Å². The van der Waals surface area contributed by atoms with Gasteiger partial charge in [0, 0.05) is 25.1 Å². The molecule has 7 heteroatoms. The fourth-order valence-corrected chi connectivity index (χ4v) is 3.55. The normalized spacial score (nSPS) is 19.1. The van der Waals surface area contributed by atoms with Gasteiger partial charge in [0.1, 0.15) is 11.5 Å². The number of carbonyl (C=O) groups is 3. The topological polar surface area (TPSA) is 98.3 Å². The second-order valence-corrected chi connectivity index (χ2v) is 6.10. The van der Waals surface area contributed by atoms with Crippen molar-refractivity contribution in [3.63, 3.8) is 0 Å². The summed E-state index contributed by atoms with van der Waals surface area (Å²) in [7, 11) is 0. The molecule has 1 aromatic carbocycles. The summed E-state index contributed by atoms with van der Waals surface area (Å²) in [6, 6.07) is 7.28. The van der Waals surface area contributed by atoms with Crippen molar-refractivity contribution in [1.29, 1.82) is 0 Å². The van der Waals surface area contributed by atoms with Gasteiger partial charge in [0.25, 0.3) is 5.91 Å². The number of primary amides is 1. The minimum Gasteiger partial charge on any atom is -0.364 e. The zero-order valence-electron chi connectivity index (χ0n) is 12.9.